The van der Waals surface area contributed by atoms with E-state index >= 15 is 0 Å². The molecule has 0 aromatic carbocycles. The van der Waals surface area contributed by atoms with Crippen molar-refractivity contribution < 1.29 is 61.7 Å². The number of phosphoric acid groups is 3. The van der Waals surface area contributed by atoms with Crippen LogP contribution in [0.1, 0.15) is 12.8 Å². The largest absolute Gasteiger partial charge is 0.470 e. The summed E-state index contributed by atoms with van der Waals surface area (Å²) >= 11 is 0. The van der Waals surface area contributed by atoms with Crippen LogP contribution in [0.15, 0.2) is 0 Å². The van der Waals surface area contributed by atoms with E-state index in [0.29, 0.717) is 0 Å². The molecular weight excluding hydrogens is 373 g/mol. The van der Waals surface area contributed by atoms with E-state index in [1.807, 2.05) is 0 Å². The van der Waals surface area contributed by atoms with Gasteiger partial charge in [-0.1, -0.05) is 0 Å². The minimum Gasteiger partial charge on any atom is -0.388 e. The maximum Gasteiger partial charge on any atom is 0.470 e. The van der Waals surface area contributed by atoms with Crippen LogP contribution < -0.4 is 0 Å². The predicted molar refractivity (Wildman–Crippen MR) is 66.0 cm³/mol. The van der Waals surface area contributed by atoms with Gasteiger partial charge in [0.15, 0.2) is 0 Å². The van der Waals surface area contributed by atoms with Crippen LogP contribution in [0.4, 0.5) is 0 Å². The van der Waals surface area contributed by atoms with E-state index in [-0.39, 0.29) is 12.8 Å². The number of aliphatic hydroxyl groups is 1. The van der Waals surface area contributed by atoms with Crippen LogP contribution >= 0.6 is 23.5 Å². The summed E-state index contributed by atoms with van der Waals surface area (Å²) in [5.74, 6) is 0. The molecule has 13 nitrogen and oxygen atoms in total. The summed E-state index contributed by atoms with van der Waals surface area (Å²) in [5.41, 5.74) is 0. The molecule has 0 aromatic heterocycles. The fourth-order valence-corrected chi connectivity index (χ4v) is 3.70. The van der Waals surface area contributed by atoms with Crippen LogP contribution in [0.3, 0.4) is 0 Å². The Morgan fingerprint density at radius 1 is 0.682 bits per heavy atom. The molecular formula is C6H15O13P3. The SMILES string of the molecule is O=P(O)(O)O[C@@H]1[C@@H](O)[C@H](OP(=O)(O)O)CC[C@H]1OP(=O)(O)O. The standard InChI is InChI=1S/C6H15O13P3/c7-5-3(17-20(8,9)10)1-2-4(18-21(11,12)13)6(5)19-22(14,15)16/h3-7H,1-2H2,(H2,8,9,10)(H2,11,12,13)(H2,14,15,16)/t3-,4-,5+,6+/m1/s1. The zero-order chi connectivity index (χ0) is 17.3. The van der Waals surface area contributed by atoms with Crippen LogP contribution in [0.25, 0.3) is 0 Å². The maximum atomic E-state index is 10.9. The highest BCUT2D eigenvalue weighted by Crippen LogP contribution is 2.48. The topological polar surface area (TPSA) is 221 Å². The second-order valence-corrected chi connectivity index (χ2v) is 7.97. The number of hydrogen-bond donors (Lipinski definition) is 7. The van der Waals surface area contributed by atoms with Crippen molar-refractivity contribution in [2.45, 2.75) is 37.3 Å². The lowest BCUT2D eigenvalue weighted by Crippen LogP contribution is -2.51. The van der Waals surface area contributed by atoms with Gasteiger partial charge in [0.1, 0.15) is 12.2 Å². The predicted octanol–water partition coefficient (Wildman–Crippen LogP) is -1.43. The molecule has 4 atom stereocenters. The zero-order valence-electron chi connectivity index (χ0n) is 10.6. The average molecular weight is 388 g/mol. The molecule has 7 N–H and O–H groups in total. The van der Waals surface area contributed by atoms with Gasteiger partial charge in [0.05, 0.1) is 12.2 Å². The van der Waals surface area contributed by atoms with E-state index in [2.05, 4.69) is 13.6 Å². The van der Waals surface area contributed by atoms with E-state index in [4.69, 9.17) is 29.4 Å². The number of phosphoric ester groups is 3. The Kier molecular flexibility index (Phi) is 6.51. The molecule has 1 saturated carbocycles. The summed E-state index contributed by atoms with van der Waals surface area (Å²) in [4.78, 5) is 52.3. The fourth-order valence-electron chi connectivity index (χ4n) is 1.96. The molecule has 132 valence electrons. The highest BCUT2D eigenvalue weighted by molar-refractivity contribution is 7.46. The van der Waals surface area contributed by atoms with Gasteiger partial charge in [0.2, 0.25) is 0 Å². The van der Waals surface area contributed by atoms with Crippen LogP contribution in [-0.2, 0) is 27.3 Å². The molecule has 0 saturated heterocycles. The van der Waals surface area contributed by atoms with Gasteiger partial charge < -0.3 is 34.5 Å². The lowest BCUT2D eigenvalue weighted by Gasteiger charge is -2.38. The monoisotopic (exact) mass is 388 g/mol. The molecule has 1 rings (SSSR count). The molecule has 0 bridgehead atoms. The number of hydrogen-bond acceptors (Lipinski definition) is 7. The third-order valence-corrected chi connectivity index (χ3v) is 4.23. The molecule has 0 amide bonds. The molecule has 0 aliphatic heterocycles. The van der Waals surface area contributed by atoms with Crippen molar-refractivity contribution in [3.05, 3.63) is 0 Å². The van der Waals surface area contributed by atoms with Crippen molar-refractivity contribution in [2.75, 3.05) is 0 Å². The summed E-state index contributed by atoms with van der Waals surface area (Å²) in [6.07, 6.45) is -7.84. The molecule has 22 heavy (non-hydrogen) atoms. The molecule has 0 unspecified atom stereocenters. The smallest absolute Gasteiger partial charge is 0.388 e. The minimum absolute atomic E-state index is 0.308. The normalized spacial score (nSPS) is 31.2. The zero-order valence-corrected chi connectivity index (χ0v) is 13.3. The van der Waals surface area contributed by atoms with Gasteiger partial charge in [0, 0.05) is 0 Å². The minimum atomic E-state index is -5.19. The van der Waals surface area contributed by atoms with Gasteiger partial charge in [-0.25, -0.2) is 13.7 Å². The lowest BCUT2D eigenvalue weighted by atomic mass is 9.90. The first-order chi connectivity index (χ1) is 9.68. The Labute approximate surface area is 123 Å². The highest BCUT2D eigenvalue weighted by Gasteiger charge is 2.47. The summed E-state index contributed by atoms with van der Waals surface area (Å²) in [6, 6.07) is 0. The highest BCUT2D eigenvalue weighted by atomic mass is 31.2. The third-order valence-electron chi connectivity index (χ3n) is 2.62. The second kappa shape index (κ2) is 7.04. The lowest BCUT2D eigenvalue weighted by molar-refractivity contribution is -0.124. The Bertz CT molecular complexity index is 516. The van der Waals surface area contributed by atoms with Crippen LogP contribution in [0, 0.1) is 0 Å². The summed E-state index contributed by atoms with van der Waals surface area (Å²) in [5, 5.41) is 9.85. The van der Waals surface area contributed by atoms with Crippen LogP contribution in [-0.4, -0.2) is 58.9 Å². The van der Waals surface area contributed by atoms with Gasteiger partial charge in [-0.15, -0.1) is 0 Å². The van der Waals surface area contributed by atoms with E-state index in [1.165, 1.54) is 0 Å². The van der Waals surface area contributed by atoms with Crippen molar-refractivity contribution in [3.8, 4) is 0 Å². The Morgan fingerprint density at radius 3 is 1.45 bits per heavy atom. The number of rotatable bonds is 6. The molecule has 1 aliphatic rings. The Morgan fingerprint density at radius 2 is 1.05 bits per heavy atom. The van der Waals surface area contributed by atoms with Crippen molar-refractivity contribution in [1.29, 1.82) is 0 Å². The van der Waals surface area contributed by atoms with Crippen molar-refractivity contribution >= 4 is 23.5 Å². The molecule has 0 aromatic rings. The van der Waals surface area contributed by atoms with E-state index < -0.39 is 47.9 Å². The van der Waals surface area contributed by atoms with Gasteiger partial charge in [-0.05, 0) is 12.8 Å². The van der Waals surface area contributed by atoms with Crippen molar-refractivity contribution in [2.24, 2.45) is 0 Å². The summed E-state index contributed by atoms with van der Waals surface area (Å²) < 4.78 is 45.2. The molecule has 1 aliphatic carbocycles. The van der Waals surface area contributed by atoms with Gasteiger partial charge in [-0.2, -0.15) is 0 Å². The van der Waals surface area contributed by atoms with Crippen LogP contribution in [0.2, 0.25) is 0 Å². The second-order valence-electron chi connectivity index (χ2n) is 4.40. The van der Waals surface area contributed by atoms with E-state index in [9.17, 15) is 18.8 Å². The first kappa shape index (κ1) is 20.3. The van der Waals surface area contributed by atoms with Crippen molar-refractivity contribution in [3.63, 3.8) is 0 Å². The van der Waals surface area contributed by atoms with Crippen molar-refractivity contribution in [1.82, 2.24) is 0 Å². The molecule has 0 radical (unpaired) electrons. The first-order valence-electron chi connectivity index (χ1n) is 5.58. The molecule has 1 fully saturated rings. The third kappa shape index (κ3) is 7.24. The molecule has 0 spiro atoms. The maximum absolute atomic E-state index is 10.9. The Hall–Kier alpha value is 0.290. The Balaban J connectivity index is 2.97. The molecule has 16 heteroatoms. The summed E-state index contributed by atoms with van der Waals surface area (Å²) in [7, 11) is -15.3. The van der Waals surface area contributed by atoms with Gasteiger partial charge in [-0.3, -0.25) is 13.6 Å². The average Bonchev–Trinajstić information content (AvgIpc) is 2.22. The fraction of sp³-hybridized carbons (Fsp3) is 1.00. The van der Waals surface area contributed by atoms with Crippen LogP contribution in [0.5, 0.6) is 0 Å². The molecule has 0 heterocycles. The summed E-state index contributed by atoms with van der Waals surface area (Å²) in [6.45, 7) is 0. The van der Waals surface area contributed by atoms with E-state index in [1.54, 1.807) is 0 Å². The van der Waals surface area contributed by atoms with Gasteiger partial charge >= 0.3 is 23.5 Å². The van der Waals surface area contributed by atoms with Gasteiger partial charge in [0.25, 0.3) is 0 Å². The quantitative estimate of drug-likeness (QED) is 0.260. The first-order valence-corrected chi connectivity index (χ1v) is 10.2. The van der Waals surface area contributed by atoms with E-state index in [0.717, 1.165) is 0 Å². The number of aliphatic hydroxyl groups excluding tert-OH is 1.